The summed E-state index contributed by atoms with van der Waals surface area (Å²) in [6, 6.07) is 6.92. The van der Waals surface area contributed by atoms with E-state index < -0.39 is 7.12 Å². The number of hydrogen-bond donors (Lipinski definition) is 3. The standard InChI is InChI=1S/C12H18BNO3/c1-12(2,3)14-11(15)10-7-5-4-6-9(10)8-13(16)17/h4-7,16-17H,8H2,1-3H3,(H,14,15). The Morgan fingerprint density at radius 2 is 1.88 bits per heavy atom. The molecule has 0 heterocycles. The molecule has 0 aliphatic rings. The zero-order chi connectivity index (χ0) is 13.1. The van der Waals surface area contributed by atoms with Crippen LogP contribution in [0.2, 0.25) is 0 Å². The summed E-state index contributed by atoms with van der Waals surface area (Å²) in [5, 5.41) is 20.8. The maximum atomic E-state index is 12.0. The molecular weight excluding hydrogens is 217 g/mol. The van der Waals surface area contributed by atoms with Gasteiger partial charge in [-0.05, 0) is 32.4 Å². The Hall–Kier alpha value is -1.33. The van der Waals surface area contributed by atoms with Crippen LogP contribution in [0.4, 0.5) is 0 Å². The van der Waals surface area contributed by atoms with Crippen LogP contribution in [0.3, 0.4) is 0 Å². The number of hydrogen-bond acceptors (Lipinski definition) is 3. The van der Waals surface area contributed by atoms with Crippen molar-refractivity contribution in [2.45, 2.75) is 32.6 Å². The average molecular weight is 235 g/mol. The number of rotatable bonds is 3. The SMILES string of the molecule is CC(C)(C)NC(=O)c1ccccc1CB(O)O. The van der Waals surface area contributed by atoms with Gasteiger partial charge in [-0.25, -0.2) is 0 Å². The first-order valence-electron chi connectivity index (χ1n) is 5.56. The first kappa shape index (κ1) is 13.7. The molecule has 1 aromatic carbocycles. The normalized spacial score (nSPS) is 11.1. The molecule has 0 fully saturated rings. The Morgan fingerprint density at radius 1 is 1.29 bits per heavy atom. The Kier molecular flexibility index (Phi) is 4.31. The van der Waals surface area contributed by atoms with Crippen molar-refractivity contribution in [3.05, 3.63) is 35.4 Å². The van der Waals surface area contributed by atoms with E-state index in [9.17, 15) is 4.79 Å². The van der Waals surface area contributed by atoms with E-state index in [-0.39, 0.29) is 17.8 Å². The highest BCUT2D eigenvalue weighted by Crippen LogP contribution is 2.11. The van der Waals surface area contributed by atoms with Crippen LogP contribution in [0.1, 0.15) is 36.7 Å². The van der Waals surface area contributed by atoms with Crippen LogP contribution >= 0.6 is 0 Å². The van der Waals surface area contributed by atoms with Crippen LogP contribution in [0.25, 0.3) is 0 Å². The van der Waals surface area contributed by atoms with Gasteiger partial charge >= 0.3 is 7.12 Å². The van der Waals surface area contributed by atoms with Crippen molar-refractivity contribution in [1.82, 2.24) is 5.32 Å². The Labute approximate surface area is 102 Å². The third-order valence-corrected chi connectivity index (χ3v) is 2.15. The second-order valence-corrected chi connectivity index (χ2v) is 5.05. The van der Waals surface area contributed by atoms with Crippen LogP contribution in [0.5, 0.6) is 0 Å². The van der Waals surface area contributed by atoms with Crippen molar-refractivity contribution in [3.8, 4) is 0 Å². The lowest BCUT2D eigenvalue weighted by Crippen LogP contribution is -2.41. The zero-order valence-corrected chi connectivity index (χ0v) is 10.4. The average Bonchev–Trinajstić information content (AvgIpc) is 2.14. The monoisotopic (exact) mass is 235 g/mol. The van der Waals surface area contributed by atoms with Crippen molar-refractivity contribution in [2.75, 3.05) is 0 Å². The third kappa shape index (κ3) is 4.59. The maximum Gasteiger partial charge on any atom is 0.456 e. The molecule has 4 nitrogen and oxygen atoms in total. The molecule has 92 valence electrons. The summed E-state index contributed by atoms with van der Waals surface area (Å²) < 4.78 is 0. The predicted octanol–water partition coefficient (Wildman–Crippen LogP) is 0.769. The first-order chi connectivity index (χ1) is 7.79. The molecule has 0 saturated carbocycles. The van der Waals surface area contributed by atoms with Crippen LogP contribution in [0.15, 0.2) is 24.3 Å². The van der Waals surface area contributed by atoms with Crippen LogP contribution in [-0.2, 0) is 6.32 Å². The molecule has 1 rings (SSSR count). The minimum absolute atomic E-state index is 0.0493. The lowest BCUT2D eigenvalue weighted by molar-refractivity contribution is 0.0919. The van der Waals surface area contributed by atoms with Crippen molar-refractivity contribution in [1.29, 1.82) is 0 Å². The summed E-state index contributed by atoms with van der Waals surface area (Å²) in [6.07, 6.45) is 0.0493. The fourth-order valence-electron chi connectivity index (χ4n) is 1.52. The maximum absolute atomic E-state index is 12.0. The number of benzene rings is 1. The van der Waals surface area contributed by atoms with Crippen LogP contribution in [-0.4, -0.2) is 28.6 Å². The summed E-state index contributed by atoms with van der Waals surface area (Å²) >= 11 is 0. The van der Waals surface area contributed by atoms with E-state index in [0.717, 1.165) is 0 Å². The van der Waals surface area contributed by atoms with E-state index in [0.29, 0.717) is 11.1 Å². The molecule has 0 spiro atoms. The number of carbonyl (C=O) groups excluding carboxylic acids is 1. The van der Waals surface area contributed by atoms with Gasteiger partial charge in [0, 0.05) is 17.4 Å². The minimum Gasteiger partial charge on any atom is -0.427 e. The van der Waals surface area contributed by atoms with Gasteiger partial charge in [-0.2, -0.15) is 0 Å². The summed E-state index contributed by atoms with van der Waals surface area (Å²) in [6.45, 7) is 5.69. The number of carbonyl (C=O) groups is 1. The quantitative estimate of drug-likeness (QED) is 0.677. The molecular formula is C12H18BNO3. The van der Waals surface area contributed by atoms with Crippen molar-refractivity contribution >= 4 is 13.0 Å². The number of amides is 1. The summed E-state index contributed by atoms with van der Waals surface area (Å²) in [5.41, 5.74) is 0.793. The van der Waals surface area contributed by atoms with Gasteiger partial charge in [0.05, 0.1) is 0 Å². The smallest absolute Gasteiger partial charge is 0.427 e. The van der Waals surface area contributed by atoms with Gasteiger partial charge in [-0.15, -0.1) is 0 Å². The van der Waals surface area contributed by atoms with Crippen LogP contribution < -0.4 is 5.32 Å². The summed E-state index contributed by atoms with van der Waals surface area (Å²) in [7, 11) is -1.45. The molecule has 3 N–H and O–H groups in total. The van der Waals surface area contributed by atoms with Gasteiger partial charge in [0.15, 0.2) is 0 Å². The molecule has 0 aliphatic heterocycles. The van der Waals surface area contributed by atoms with Gasteiger partial charge in [-0.3, -0.25) is 4.79 Å². The number of nitrogens with one attached hydrogen (secondary N) is 1. The molecule has 17 heavy (non-hydrogen) atoms. The van der Waals surface area contributed by atoms with Gasteiger partial charge < -0.3 is 15.4 Å². The molecule has 5 heteroatoms. The van der Waals surface area contributed by atoms with E-state index in [1.807, 2.05) is 20.8 Å². The predicted molar refractivity (Wildman–Crippen MR) is 67.6 cm³/mol. The minimum atomic E-state index is -1.45. The van der Waals surface area contributed by atoms with Gasteiger partial charge in [0.1, 0.15) is 0 Å². The van der Waals surface area contributed by atoms with E-state index in [4.69, 9.17) is 10.0 Å². The molecule has 0 aromatic heterocycles. The largest absolute Gasteiger partial charge is 0.456 e. The van der Waals surface area contributed by atoms with E-state index in [1.165, 1.54) is 0 Å². The fourth-order valence-corrected chi connectivity index (χ4v) is 1.52. The highest BCUT2D eigenvalue weighted by atomic mass is 16.4. The second-order valence-electron chi connectivity index (χ2n) is 5.05. The lowest BCUT2D eigenvalue weighted by atomic mass is 9.80. The van der Waals surface area contributed by atoms with Gasteiger partial charge in [0.2, 0.25) is 0 Å². The molecule has 0 radical (unpaired) electrons. The van der Waals surface area contributed by atoms with Crippen LogP contribution in [0, 0.1) is 0 Å². The molecule has 1 aromatic rings. The van der Waals surface area contributed by atoms with Crippen molar-refractivity contribution in [2.24, 2.45) is 0 Å². The van der Waals surface area contributed by atoms with E-state index >= 15 is 0 Å². The molecule has 0 saturated heterocycles. The first-order valence-corrected chi connectivity index (χ1v) is 5.56. The Bertz CT molecular complexity index is 399. The van der Waals surface area contributed by atoms with Gasteiger partial charge in [0.25, 0.3) is 5.91 Å². The fraction of sp³-hybridized carbons (Fsp3) is 0.417. The van der Waals surface area contributed by atoms with Gasteiger partial charge in [-0.1, -0.05) is 18.2 Å². The van der Waals surface area contributed by atoms with E-state index in [2.05, 4.69) is 5.32 Å². The molecule has 1 amide bonds. The molecule has 0 aliphatic carbocycles. The highest BCUT2D eigenvalue weighted by molar-refractivity contribution is 6.40. The van der Waals surface area contributed by atoms with Crippen molar-refractivity contribution < 1.29 is 14.8 Å². The lowest BCUT2D eigenvalue weighted by Gasteiger charge is -2.21. The highest BCUT2D eigenvalue weighted by Gasteiger charge is 2.19. The second kappa shape index (κ2) is 5.34. The molecule has 0 atom stereocenters. The summed E-state index contributed by atoms with van der Waals surface area (Å²) in [4.78, 5) is 12.0. The Balaban J connectivity index is 2.93. The summed E-state index contributed by atoms with van der Waals surface area (Å²) in [5.74, 6) is -0.200. The zero-order valence-electron chi connectivity index (χ0n) is 10.4. The topological polar surface area (TPSA) is 69.6 Å². The third-order valence-electron chi connectivity index (χ3n) is 2.15. The molecule has 0 bridgehead atoms. The van der Waals surface area contributed by atoms with E-state index in [1.54, 1.807) is 24.3 Å². The van der Waals surface area contributed by atoms with Crippen molar-refractivity contribution in [3.63, 3.8) is 0 Å². The Morgan fingerprint density at radius 3 is 2.41 bits per heavy atom. The molecule has 0 unspecified atom stereocenters.